The number of nitriles is 1. The summed E-state index contributed by atoms with van der Waals surface area (Å²) in [6.45, 7) is 5.47. The van der Waals surface area contributed by atoms with Gasteiger partial charge in [0.1, 0.15) is 6.04 Å². The highest BCUT2D eigenvalue weighted by molar-refractivity contribution is 5.85. The molecule has 0 bridgehead atoms. The van der Waals surface area contributed by atoms with Crippen LogP contribution >= 0.6 is 12.4 Å². The molecule has 3 rings (SSSR count). The fourth-order valence-electron chi connectivity index (χ4n) is 4.51. The number of nitrogens with one attached hydrogen (secondary N) is 2. The van der Waals surface area contributed by atoms with E-state index in [2.05, 4.69) is 23.6 Å². The molecule has 1 saturated carbocycles. The van der Waals surface area contributed by atoms with Gasteiger partial charge < -0.3 is 20.4 Å². The highest BCUT2D eigenvalue weighted by atomic mass is 35.5. The van der Waals surface area contributed by atoms with Crippen LogP contribution in [-0.4, -0.2) is 66.5 Å². The van der Waals surface area contributed by atoms with Gasteiger partial charge in [0.2, 0.25) is 5.91 Å². The van der Waals surface area contributed by atoms with E-state index in [-0.39, 0.29) is 30.4 Å². The van der Waals surface area contributed by atoms with Gasteiger partial charge >= 0.3 is 6.03 Å². The quantitative estimate of drug-likeness (QED) is 0.749. The molecule has 3 fully saturated rings. The molecule has 7 nitrogen and oxygen atoms in total. The third-order valence-corrected chi connectivity index (χ3v) is 5.83. The Balaban J connectivity index is 0.00000243. The minimum absolute atomic E-state index is 0. The van der Waals surface area contributed by atoms with Crippen LogP contribution in [0.3, 0.4) is 0 Å². The first kappa shape index (κ1) is 20.8. The molecule has 8 heteroatoms. The van der Waals surface area contributed by atoms with Gasteiger partial charge in [0, 0.05) is 32.2 Å². The lowest BCUT2D eigenvalue weighted by molar-refractivity contribution is -0.130. The van der Waals surface area contributed by atoms with E-state index in [1.54, 1.807) is 4.90 Å². The second-order valence-corrected chi connectivity index (χ2v) is 7.58. The summed E-state index contributed by atoms with van der Waals surface area (Å²) in [5.41, 5.74) is 0. The van der Waals surface area contributed by atoms with Crippen LogP contribution in [0.4, 0.5) is 4.79 Å². The zero-order valence-corrected chi connectivity index (χ0v) is 16.3. The number of carbonyl (C=O) groups excluding carboxylic acids is 2. The summed E-state index contributed by atoms with van der Waals surface area (Å²) >= 11 is 0. The second kappa shape index (κ2) is 9.43. The minimum Gasteiger partial charge on any atom is -0.338 e. The van der Waals surface area contributed by atoms with Crippen molar-refractivity contribution in [1.29, 1.82) is 5.26 Å². The number of hydrogen-bond donors (Lipinski definition) is 2. The summed E-state index contributed by atoms with van der Waals surface area (Å²) in [4.78, 5) is 28.0. The summed E-state index contributed by atoms with van der Waals surface area (Å²) in [7, 11) is 0. The number of nitrogens with zero attached hydrogens (tertiary/aromatic N) is 3. The van der Waals surface area contributed by atoms with Crippen LogP contribution in [0.1, 0.15) is 39.0 Å². The third-order valence-electron chi connectivity index (χ3n) is 5.83. The van der Waals surface area contributed by atoms with Crippen LogP contribution in [0.15, 0.2) is 0 Å². The van der Waals surface area contributed by atoms with Gasteiger partial charge in [0.15, 0.2) is 0 Å². The van der Waals surface area contributed by atoms with E-state index < -0.39 is 0 Å². The second-order valence-electron chi connectivity index (χ2n) is 7.58. The molecule has 2 N–H and O–H groups in total. The van der Waals surface area contributed by atoms with E-state index in [0.717, 1.165) is 51.7 Å². The number of carbonyl (C=O) groups is 2. The average Bonchev–Trinajstić information content (AvgIpc) is 3.30. The van der Waals surface area contributed by atoms with Crippen molar-refractivity contribution in [2.24, 2.45) is 11.8 Å². The molecule has 3 aliphatic rings. The van der Waals surface area contributed by atoms with Gasteiger partial charge in [-0.05, 0) is 43.9 Å². The van der Waals surface area contributed by atoms with E-state index in [1.807, 2.05) is 4.90 Å². The maximum Gasteiger partial charge on any atom is 0.317 e. The van der Waals surface area contributed by atoms with Crippen molar-refractivity contribution in [2.75, 3.05) is 32.7 Å². The standard InChI is InChI=1S/C18H29N5O2.ClH/c1-2-5-20-18(25)22-11-13-7-15(8-14(13)12-22)21-10-17(24)23-6-3-4-16(23)9-19;/h13-16,21H,2-8,10-12H2,1H3,(H,20,25);1H. The minimum atomic E-state index is -0.243. The monoisotopic (exact) mass is 383 g/mol. The molecular weight excluding hydrogens is 354 g/mol. The van der Waals surface area contributed by atoms with Crippen molar-refractivity contribution >= 4 is 24.3 Å². The number of urea groups is 1. The zero-order valence-electron chi connectivity index (χ0n) is 15.4. The first-order valence-corrected chi connectivity index (χ1v) is 9.57. The van der Waals surface area contributed by atoms with Gasteiger partial charge in [0.05, 0.1) is 12.6 Å². The van der Waals surface area contributed by atoms with E-state index >= 15 is 0 Å². The van der Waals surface area contributed by atoms with Crippen LogP contribution in [0, 0.1) is 23.2 Å². The third kappa shape index (κ3) is 4.60. The van der Waals surface area contributed by atoms with Crippen molar-refractivity contribution < 1.29 is 9.59 Å². The number of likely N-dealkylation sites (tertiary alicyclic amines) is 2. The molecule has 0 spiro atoms. The molecule has 2 heterocycles. The molecule has 0 aromatic rings. The lowest BCUT2D eigenvalue weighted by Crippen LogP contribution is -2.43. The predicted molar refractivity (Wildman–Crippen MR) is 101 cm³/mol. The van der Waals surface area contributed by atoms with Crippen molar-refractivity contribution in [3.05, 3.63) is 0 Å². The SMILES string of the molecule is CCCNC(=O)N1CC2CC(NCC(=O)N3CCCC3C#N)CC2C1.Cl. The van der Waals surface area contributed by atoms with Crippen molar-refractivity contribution in [3.8, 4) is 6.07 Å². The first-order chi connectivity index (χ1) is 12.1. The maximum atomic E-state index is 12.3. The highest BCUT2D eigenvalue weighted by Crippen LogP contribution is 2.38. The summed E-state index contributed by atoms with van der Waals surface area (Å²) in [6.07, 6.45) is 4.73. The van der Waals surface area contributed by atoms with Crippen LogP contribution in [0.25, 0.3) is 0 Å². The van der Waals surface area contributed by atoms with E-state index in [1.165, 1.54) is 0 Å². The number of halogens is 1. The number of amides is 3. The molecule has 2 aliphatic heterocycles. The molecule has 0 radical (unpaired) electrons. The van der Waals surface area contributed by atoms with Gasteiger partial charge in [-0.25, -0.2) is 4.79 Å². The van der Waals surface area contributed by atoms with Crippen molar-refractivity contribution in [3.63, 3.8) is 0 Å². The molecule has 2 saturated heterocycles. The van der Waals surface area contributed by atoms with E-state index in [9.17, 15) is 9.59 Å². The number of fused-ring (bicyclic) bond motifs is 1. The molecule has 26 heavy (non-hydrogen) atoms. The molecular formula is C18H30ClN5O2. The molecule has 3 atom stereocenters. The molecule has 1 aliphatic carbocycles. The number of hydrogen-bond acceptors (Lipinski definition) is 4. The predicted octanol–water partition coefficient (Wildman–Crippen LogP) is 1.34. The number of rotatable bonds is 5. The van der Waals surface area contributed by atoms with Crippen LogP contribution in [-0.2, 0) is 4.79 Å². The first-order valence-electron chi connectivity index (χ1n) is 9.57. The highest BCUT2D eigenvalue weighted by Gasteiger charge is 2.42. The lowest BCUT2D eigenvalue weighted by atomic mass is 10.0. The average molecular weight is 384 g/mol. The molecule has 3 unspecified atom stereocenters. The largest absolute Gasteiger partial charge is 0.338 e. The summed E-state index contributed by atoms with van der Waals surface area (Å²) < 4.78 is 0. The van der Waals surface area contributed by atoms with Gasteiger partial charge in [-0.3, -0.25) is 4.79 Å². The Hall–Kier alpha value is -1.52. The topological polar surface area (TPSA) is 88.5 Å². The van der Waals surface area contributed by atoms with Gasteiger partial charge in [0.25, 0.3) is 0 Å². The summed E-state index contributed by atoms with van der Waals surface area (Å²) in [5, 5.41) is 15.4. The fraction of sp³-hybridized carbons (Fsp3) is 0.833. The Bertz CT molecular complexity index is 538. The lowest BCUT2D eigenvalue weighted by Gasteiger charge is -2.22. The zero-order chi connectivity index (χ0) is 17.8. The summed E-state index contributed by atoms with van der Waals surface area (Å²) in [6, 6.07) is 2.39. The maximum absolute atomic E-state index is 12.3. The Labute approximate surface area is 161 Å². The Morgan fingerprint density at radius 2 is 1.92 bits per heavy atom. The van der Waals surface area contributed by atoms with Crippen LogP contribution in [0.5, 0.6) is 0 Å². The Kier molecular flexibility index (Phi) is 7.54. The van der Waals surface area contributed by atoms with Crippen molar-refractivity contribution in [2.45, 2.75) is 51.1 Å². The Morgan fingerprint density at radius 1 is 1.23 bits per heavy atom. The fourth-order valence-corrected chi connectivity index (χ4v) is 4.51. The van der Waals surface area contributed by atoms with Crippen LogP contribution in [0.2, 0.25) is 0 Å². The molecule has 0 aromatic heterocycles. The van der Waals surface area contributed by atoms with E-state index in [4.69, 9.17) is 5.26 Å². The van der Waals surface area contributed by atoms with Gasteiger partial charge in [-0.15, -0.1) is 12.4 Å². The van der Waals surface area contributed by atoms with Gasteiger partial charge in [-0.1, -0.05) is 6.92 Å². The normalized spacial score (nSPS) is 29.8. The molecule has 146 valence electrons. The van der Waals surface area contributed by atoms with Crippen molar-refractivity contribution in [1.82, 2.24) is 20.4 Å². The van der Waals surface area contributed by atoms with Crippen LogP contribution < -0.4 is 10.6 Å². The molecule has 0 aromatic carbocycles. The summed E-state index contributed by atoms with van der Waals surface area (Å²) in [5.74, 6) is 1.12. The Morgan fingerprint density at radius 3 is 2.54 bits per heavy atom. The molecule has 3 amide bonds. The smallest absolute Gasteiger partial charge is 0.317 e. The van der Waals surface area contributed by atoms with E-state index in [0.29, 0.717) is 31.0 Å². The van der Waals surface area contributed by atoms with Gasteiger partial charge in [-0.2, -0.15) is 5.26 Å².